The normalized spacial score (nSPS) is 19.9. The molecular weight excluding hydrogens is 270 g/mol. The van der Waals surface area contributed by atoms with Gasteiger partial charge in [0.2, 0.25) is 5.91 Å². The predicted molar refractivity (Wildman–Crippen MR) is 83.1 cm³/mol. The fourth-order valence-electron chi connectivity index (χ4n) is 2.17. The standard InChI is InChI=1S/C15H31N3O3/c1-13(2)15(19)17-11-14-12-18(7-10-21-14)6-9-20-8-4-3-5-16/h13-14H,3-12,16H2,1-2H3,(H,17,19). The lowest BCUT2D eigenvalue weighted by molar-refractivity contribution is -0.125. The number of hydrogen-bond donors (Lipinski definition) is 2. The molecule has 0 aromatic carbocycles. The van der Waals surface area contributed by atoms with Crippen LogP contribution < -0.4 is 11.1 Å². The van der Waals surface area contributed by atoms with Crippen molar-refractivity contribution in [2.75, 3.05) is 52.5 Å². The van der Waals surface area contributed by atoms with Gasteiger partial charge in [0.25, 0.3) is 0 Å². The highest BCUT2D eigenvalue weighted by molar-refractivity contribution is 5.77. The van der Waals surface area contributed by atoms with Crippen molar-refractivity contribution in [1.82, 2.24) is 10.2 Å². The van der Waals surface area contributed by atoms with Crippen molar-refractivity contribution in [2.24, 2.45) is 11.7 Å². The summed E-state index contributed by atoms with van der Waals surface area (Å²) in [5.74, 6) is 0.102. The van der Waals surface area contributed by atoms with Crippen LogP contribution in [0.3, 0.4) is 0 Å². The molecule has 0 saturated carbocycles. The first-order chi connectivity index (χ1) is 10.1. The van der Waals surface area contributed by atoms with E-state index in [1.54, 1.807) is 0 Å². The molecule has 6 nitrogen and oxygen atoms in total. The third-order valence-corrected chi connectivity index (χ3v) is 3.55. The van der Waals surface area contributed by atoms with Gasteiger partial charge in [-0.15, -0.1) is 0 Å². The van der Waals surface area contributed by atoms with Crippen LogP contribution in [-0.4, -0.2) is 69.5 Å². The Hall–Kier alpha value is -0.690. The van der Waals surface area contributed by atoms with Crippen molar-refractivity contribution < 1.29 is 14.3 Å². The van der Waals surface area contributed by atoms with Crippen LogP contribution in [0, 0.1) is 5.92 Å². The topological polar surface area (TPSA) is 76.8 Å². The van der Waals surface area contributed by atoms with Gasteiger partial charge in [-0.2, -0.15) is 0 Å². The maximum absolute atomic E-state index is 11.6. The van der Waals surface area contributed by atoms with Gasteiger partial charge >= 0.3 is 0 Å². The molecule has 0 spiro atoms. The van der Waals surface area contributed by atoms with Gasteiger partial charge in [0.15, 0.2) is 0 Å². The molecule has 6 heteroatoms. The molecule has 3 N–H and O–H groups in total. The second kappa shape index (κ2) is 11.0. The number of nitrogens with two attached hydrogens (primary N) is 1. The van der Waals surface area contributed by atoms with E-state index in [-0.39, 0.29) is 17.9 Å². The quantitative estimate of drug-likeness (QED) is 0.564. The molecule has 1 atom stereocenters. The average Bonchev–Trinajstić information content (AvgIpc) is 2.48. The van der Waals surface area contributed by atoms with Crippen LogP contribution in [0.1, 0.15) is 26.7 Å². The zero-order valence-electron chi connectivity index (χ0n) is 13.5. The van der Waals surface area contributed by atoms with Gasteiger partial charge in [0.05, 0.1) is 19.3 Å². The number of nitrogens with one attached hydrogen (secondary N) is 1. The summed E-state index contributed by atoms with van der Waals surface area (Å²) in [6.07, 6.45) is 2.14. The zero-order valence-corrected chi connectivity index (χ0v) is 13.5. The van der Waals surface area contributed by atoms with E-state index in [9.17, 15) is 4.79 Å². The first-order valence-electron chi connectivity index (χ1n) is 8.03. The van der Waals surface area contributed by atoms with Gasteiger partial charge < -0.3 is 20.5 Å². The van der Waals surface area contributed by atoms with E-state index in [2.05, 4.69) is 10.2 Å². The SMILES string of the molecule is CC(C)C(=O)NCC1CN(CCOCCCCN)CCO1. The highest BCUT2D eigenvalue weighted by Crippen LogP contribution is 2.05. The Balaban J connectivity index is 2.10. The number of amides is 1. The molecule has 0 aromatic heterocycles. The minimum Gasteiger partial charge on any atom is -0.380 e. The highest BCUT2D eigenvalue weighted by atomic mass is 16.5. The fraction of sp³-hybridized carbons (Fsp3) is 0.933. The van der Waals surface area contributed by atoms with Crippen LogP contribution in [0.2, 0.25) is 0 Å². The lowest BCUT2D eigenvalue weighted by Crippen LogP contribution is -2.48. The van der Waals surface area contributed by atoms with Crippen molar-refractivity contribution >= 4 is 5.91 Å². The third kappa shape index (κ3) is 8.36. The van der Waals surface area contributed by atoms with Gasteiger partial charge in [0, 0.05) is 38.7 Å². The van der Waals surface area contributed by atoms with Crippen molar-refractivity contribution in [1.29, 1.82) is 0 Å². The molecule has 1 amide bonds. The van der Waals surface area contributed by atoms with Crippen molar-refractivity contribution in [3.63, 3.8) is 0 Å². The summed E-state index contributed by atoms with van der Waals surface area (Å²) >= 11 is 0. The number of carbonyl (C=O) groups is 1. The van der Waals surface area contributed by atoms with E-state index < -0.39 is 0 Å². The van der Waals surface area contributed by atoms with Crippen LogP contribution in [-0.2, 0) is 14.3 Å². The summed E-state index contributed by atoms with van der Waals surface area (Å²) in [6, 6.07) is 0. The number of morpholine rings is 1. The first kappa shape index (κ1) is 18.4. The minimum absolute atomic E-state index is 0.0200. The Labute approximate surface area is 128 Å². The summed E-state index contributed by atoms with van der Waals surface area (Å²) in [6.45, 7) is 10.1. The van der Waals surface area contributed by atoms with Crippen molar-refractivity contribution in [3.05, 3.63) is 0 Å². The molecule has 1 unspecified atom stereocenters. The van der Waals surface area contributed by atoms with Gasteiger partial charge in [-0.1, -0.05) is 13.8 Å². The molecule has 1 saturated heterocycles. The molecule has 1 rings (SSSR count). The molecule has 1 aliphatic rings. The number of hydrogen-bond acceptors (Lipinski definition) is 5. The Kier molecular flexibility index (Phi) is 9.58. The number of ether oxygens (including phenoxy) is 2. The Bertz CT molecular complexity index is 287. The summed E-state index contributed by atoms with van der Waals surface area (Å²) in [5.41, 5.74) is 5.44. The Morgan fingerprint density at radius 1 is 1.43 bits per heavy atom. The molecule has 1 heterocycles. The van der Waals surface area contributed by atoms with Crippen LogP contribution in [0.5, 0.6) is 0 Å². The molecule has 21 heavy (non-hydrogen) atoms. The number of unbranched alkanes of at least 4 members (excludes halogenated alkanes) is 1. The van der Waals surface area contributed by atoms with E-state index in [1.165, 1.54) is 0 Å². The van der Waals surface area contributed by atoms with E-state index in [0.717, 1.165) is 58.8 Å². The number of nitrogens with zero attached hydrogens (tertiary/aromatic N) is 1. The molecule has 0 aromatic rings. The molecule has 124 valence electrons. The van der Waals surface area contributed by atoms with Crippen LogP contribution in [0.15, 0.2) is 0 Å². The van der Waals surface area contributed by atoms with Crippen molar-refractivity contribution in [3.8, 4) is 0 Å². The van der Waals surface area contributed by atoms with E-state index in [4.69, 9.17) is 15.2 Å². The second-order valence-corrected chi connectivity index (χ2v) is 5.80. The van der Waals surface area contributed by atoms with E-state index in [0.29, 0.717) is 6.54 Å². The average molecular weight is 301 g/mol. The van der Waals surface area contributed by atoms with Crippen molar-refractivity contribution in [2.45, 2.75) is 32.8 Å². The minimum atomic E-state index is 0.0200. The number of rotatable bonds is 10. The third-order valence-electron chi connectivity index (χ3n) is 3.55. The first-order valence-corrected chi connectivity index (χ1v) is 8.03. The van der Waals surface area contributed by atoms with E-state index in [1.807, 2.05) is 13.8 Å². The molecular formula is C15H31N3O3. The van der Waals surface area contributed by atoms with Crippen LogP contribution >= 0.6 is 0 Å². The van der Waals surface area contributed by atoms with Crippen LogP contribution in [0.4, 0.5) is 0 Å². The summed E-state index contributed by atoms with van der Waals surface area (Å²) in [5, 5.41) is 2.93. The molecule has 0 aliphatic carbocycles. The van der Waals surface area contributed by atoms with Crippen LogP contribution in [0.25, 0.3) is 0 Å². The lowest BCUT2D eigenvalue weighted by atomic mass is 10.2. The number of carbonyl (C=O) groups excluding carboxylic acids is 1. The Morgan fingerprint density at radius 3 is 2.95 bits per heavy atom. The van der Waals surface area contributed by atoms with Gasteiger partial charge in [-0.25, -0.2) is 0 Å². The largest absolute Gasteiger partial charge is 0.380 e. The van der Waals surface area contributed by atoms with Gasteiger partial charge in [-0.3, -0.25) is 9.69 Å². The zero-order chi connectivity index (χ0) is 15.5. The molecule has 1 fully saturated rings. The fourth-order valence-corrected chi connectivity index (χ4v) is 2.17. The summed E-state index contributed by atoms with van der Waals surface area (Å²) in [4.78, 5) is 13.9. The highest BCUT2D eigenvalue weighted by Gasteiger charge is 2.21. The maximum Gasteiger partial charge on any atom is 0.222 e. The van der Waals surface area contributed by atoms with E-state index >= 15 is 0 Å². The molecule has 0 bridgehead atoms. The smallest absolute Gasteiger partial charge is 0.222 e. The lowest BCUT2D eigenvalue weighted by Gasteiger charge is -2.33. The summed E-state index contributed by atoms with van der Waals surface area (Å²) < 4.78 is 11.3. The molecule has 1 aliphatic heterocycles. The molecule has 0 radical (unpaired) electrons. The monoisotopic (exact) mass is 301 g/mol. The predicted octanol–water partition coefficient (Wildman–Crippen LogP) is 0.215. The van der Waals surface area contributed by atoms with Gasteiger partial charge in [0.1, 0.15) is 0 Å². The van der Waals surface area contributed by atoms with Gasteiger partial charge in [-0.05, 0) is 19.4 Å². The summed E-state index contributed by atoms with van der Waals surface area (Å²) in [7, 11) is 0. The maximum atomic E-state index is 11.6. The Morgan fingerprint density at radius 2 is 2.24 bits per heavy atom. The second-order valence-electron chi connectivity index (χ2n) is 5.80.